The lowest BCUT2D eigenvalue weighted by Gasteiger charge is -2.39. The lowest BCUT2D eigenvalue weighted by atomic mass is 9.90. The maximum Gasteiger partial charge on any atom is 0.317 e. The molecule has 0 bridgehead atoms. The summed E-state index contributed by atoms with van der Waals surface area (Å²) in [6, 6.07) is 0.189. The Morgan fingerprint density at radius 3 is 2.47 bits per heavy atom. The van der Waals surface area contributed by atoms with Gasteiger partial charge in [0.25, 0.3) is 0 Å². The summed E-state index contributed by atoms with van der Waals surface area (Å²) in [5.74, 6) is -0.818. The number of carboxylic acid groups (broad SMARTS) is 1. The van der Waals surface area contributed by atoms with Crippen molar-refractivity contribution in [3.05, 3.63) is 0 Å². The zero-order valence-electron chi connectivity index (χ0n) is 9.52. The lowest BCUT2D eigenvalue weighted by Crippen LogP contribution is -2.50. The Morgan fingerprint density at radius 2 is 2.00 bits per heavy atom. The van der Waals surface area contributed by atoms with E-state index in [-0.39, 0.29) is 24.7 Å². The molecule has 1 saturated carbocycles. The quantitative estimate of drug-likeness (QED) is 0.737. The van der Waals surface area contributed by atoms with Gasteiger partial charge in [-0.25, -0.2) is 0 Å². The van der Waals surface area contributed by atoms with Crippen molar-refractivity contribution in [3.63, 3.8) is 0 Å². The number of hydrogen-bond donors (Lipinski definition) is 2. The molecule has 4 nitrogen and oxygen atoms in total. The highest BCUT2D eigenvalue weighted by molar-refractivity contribution is 5.69. The standard InChI is InChI=1S/C11H21NO3/c1-8(2)12(7-11(14)15)9-5-3-4-6-10(9)13/h8-10,13H,3-7H2,1-2H3,(H,14,15). The Kier molecular flexibility index (Phi) is 4.54. The zero-order chi connectivity index (χ0) is 11.4. The Balaban J connectivity index is 2.64. The molecule has 0 aromatic rings. The van der Waals surface area contributed by atoms with Crippen LogP contribution in [0.4, 0.5) is 0 Å². The van der Waals surface area contributed by atoms with Gasteiger partial charge in [0.1, 0.15) is 0 Å². The molecule has 1 fully saturated rings. The van der Waals surface area contributed by atoms with Gasteiger partial charge in [-0.05, 0) is 26.7 Å². The Labute approximate surface area is 90.9 Å². The fourth-order valence-corrected chi connectivity index (χ4v) is 2.32. The molecule has 0 heterocycles. The van der Waals surface area contributed by atoms with Crippen LogP contribution in [-0.4, -0.2) is 45.8 Å². The second kappa shape index (κ2) is 5.47. The smallest absolute Gasteiger partial charge is 0.317 e. The molecule has 2 atom stereocenters. The number of carbonyl (C=O) groups is 1. The Bertz CT molecular complexity index is 218. The van der Waals surface area contributed by atoms with E-state index < -0.39 is 5.97 Å². The maximum absolute atomic E-state index is 10.7. The topological polar surface area (TPSA) is 60.8 Å². The van der Waals surface area contributed by atoms with Crippen LogP contribution >= 0.6 is 0 Å². The molecule has 1 aliphatic rings. The van der Waals surface area contributed by atoms with Gasteiger partial charge in [0.2, 0.25) is 0 Å². The minimum atomic E-state index is -0.818. The van der Waals surface area contributed by atoms with Crippen molar-refractivity contribution in [1.29, 1.82) is 0 Å². The third-order valence-corrected chi connectivity index (χ3v) is 3.10. The second-order valence-electron chi connectivity index (χ2n) is 4.58. The van der Waals surface area contributed by atoms with Crippen LogP contribution in [0, 0.1) is 0 Å². The summed E-state index contributed by atoms with van der Waals surface area (Å²) in [4.78, 5) is 12.6. The van der Waals surface area contributed by atoms with E-state index in [1.54, 1.807) is 0 Å². The van der Waals surface area contributed by atoms with Crippen LogP contribution in [0.1, 0.15) is 39.5 Å². The number of aliphatic carboxylic acids is 1. The van der Waals surface area contributed by atoms with Crippen molar-refractivity contribution in [1.82, 2.24) is 4.90 Å². The first-order valence-electron chi connectivity index (χ1n) is 5.68. The summed E-state index contributed by atoms with van der Waals surface area (Å²) in [7, 11) is 0. The van der Waals surface area contributed by atoms with Gasteiger partial charge in [-0.3, -0.25) is 9.69 Å². The molecular formula is C11H21NO3. The second-order valence-corrected chi connectivity index (χ2v) is 4.58. The molecule has 1 aliphatic carbocycles. The first-order chi connectivity index (χ1) is 7.02. The van der Waals surface area contributed by atoms with Crippen LogP contribution in [0.5, 0.6) is 0 Å². The van der Waals surface area contributed by atoms with E-state index in [4.69, 9.17) is 5.11 Å². The van der Waals surface area contributed by atoms with Gasteiger partial charge < -0.3 is 10.2 Å². The van der Waals surface area contributed by atoms with Crippen LogP contribution in [0.15, 0.2) is 0 Å². The van der Waals surface area contributed by atoms with Crippen LogP contribution in [0.3, 0.4) is 0 Å². The first-order valence-corrected chi connectivity index (χ1v) is 5.68. The van der Waals surface area contributed by atoms with E-state index >= 15 is 0 Å². The fourth-order valence-electron chi connectivity index (χ4n) is 2.32. The van der Waals surface area contributed by atoms with Gasteiger partial charge in [0, 0.05) is 12.1 Å². The van der Waals surface area contributed by atoms with Crippen LogP contribution in [-0.2, 0) is 4.79 Å². The molecule has 88 valence electrons. The SMILES string of the molecule is CC(C)N(CC(=O)O)C1CCCCC1O. The molecule has 0 amide bonds. The average Bonchev–Trinajstić information content (AvgIpc) is 2.15. The number of aliphatic hydroxyl groups excluding tert-OH is 1. The number of carboxylic acids is 1. The fraction of sp³-hybridized carbons (Fsp3) is 0.909. The molecule has 1 rings (SSSR count). The largest absolute Gasteiger partial charge is 0.480 e. The molecule has 0 radical (unpaired) electrons. The summed E-state index contributed by atoms with van der Waals surface area (Å²) >= 11 is 0. The summed E-state index contributed by atoms with van der Waals surface area (Å²) < 4.78 is 0. The Morgan fingerprint density at radius 1 is 1.40 bits per heavy atom. The predicted octanol–water partition coefficient (Wildman–Crippen LogP) is 1.08. The van der Waals surface area contributed by atoms with Crippen molar-refractivity contribution in [2.24, 2.45) is 0 Å². The van der Waals surface area contributed by atoms with E-state index in [0.29, 0.717) is 0 Å². The maximum atomic E-state index is 10.7. The zero-order valence-corrected chi connectivity index (χ0v) is 9.52. The first kappa shape index (κ1) is 12.5. The highest BCUT2D eigenvalue weighted by Gasteiger charge is 2.31. The van der Waals surface area contributed by atoms with E-state index in [0.717, 1.165) is 25.7 Å². The van der Waals surface area contributed by atoms with E-state index in [9.17, 15) is 9.90 Å². The van der Waals surface area contributed by atoms with Crippen molar-refractivity contribution in [2.75, 3.05) is 6.54 Å². The molecular weight excluding hydrogens is 194 g/mol. The third-order valence-electron chi connectivity index (χ3n) is 3.10. The monoisotopic (exact) mass is 215 g/mol. The molecule has 0 aromatic heterocycles. The van der Waals surface area contributed by atoms with Gasteiger partial charge >= 0.3 is 5.97 Å². The molecule has 0 aliphatic heterocycles. The molecule has 0 spiro atoms. The van der Waals surface area contributed by atoms with Crippen LogP contribution in [0.2, 0.25) is 0 Å². The summed E-state index contributed by atoms with van der Waals surface area (Å²) in [5.41, 5.74) is 0. The molecule has 4 heteroatoms. The minimum Gasteiger partial charge on any atom is -0.480 e. The number of rotatable bonds is 4. The van der Waals surface area contributed by atoms with Crippen molar-refractivity contribution >= 4 is 5.97 Å². The highest BCUT2D eigenvalue weighted by atomic mass is 16.4. The van der Waals surface area contributed by atoms with Gasteiger partial charge in [0.05, 0.1) is 12.6 Å². The van der Waals surface area contributed by atoms with Crippen molar-refractivity contribution in [2.45, 2.75) is 57.7 Å². The number of nitrogens with zero attached hydrogens (tertiary/aromatic N) is 1. The average molecular weight is 215 g/mol. The van der Waals surface area contributed by atoms with Gasteiger partial charge in [-0.15, -0.1) is 0 Å². The van der Waals surface area contributed by atoms with Gasteiger partial charge in [-0.1, -0.05) is 12.8 Å². The summed E-state index contributed by atoms with van der Waals surface area (Å²) in [5, 5.41) is 18.7. The molecule has 0 saturated heterocycles. The van der Waals surface area contributed by atoms with Crippen molar-refractivity contribution < 1.29 is 15.0 Å². The molecule has 0 aromatic carbocycles. The molecule has 2 N–H and O–H groups in total. The molecule has 2 unspecified atom stereocenters. The highest BCUT2D eigenvalue weighted by Crippen LogP contribution is 2.24. The molecule has 15 heavy (non-hydrogen) atoms. The third kappa shape index (κ3) is 3.47. The summed E-state index contributed by atoms with van der Waals surface area (Å²) in [6.07, 6.45) is 3.49. The Hall–Kier alpha value is -0.610. The van der Waals surface area contributed by atoms with Crippen molar-refractivity contribution in [3.8, 4) is 0 Å². The number of aliphatic hydroxyl groups is 1. The predicted molar refractivity (Wildman–Crippen MR) is 57.7 cm³/mol. The van der Waals surface area contributed by atoms with E-state index in [1.165, 1.54) is 0 Å². The van der Waals surface area contributed by atoms with Gasteiger partial charge in [0.15, 0.2) is 0 Å². The summed E-state index contributed by atoms with van der Waals surface area (Å²) in [6.45, 7) is 3.98. The van der Waals surface area contributed by atoms with E-state index in [1.807, 2.05) is 18.7 Å². The lowest BCUT2D eigenvalue weighted by molar-refractivity contribution is -0.140. The normalized spacial score (nSPS) is 27.3. The van der Waals surface area contributed by atoms with Crippen LogP contribution in [0.25, 0.3) is 0 Å². The van der Waals surface area contributed by atoms with Crippen LogP contribution < -0.4 is 0 Å². The van der Waals surface area contributed by atoms with E-state index in [2.05, 4.69) is 0 Å². The number of hydrogen-bond acceptors (Lipinski definition) is 3. The minimum absolute atomic E-state index is 0.0230. The van der Waals surface area contributed by atoms with Gasteiger partial charge in [-0.2, -0.15) is 0 Å².